The van der Waals surface area contributed by atoms with Crippen LogP contribution in [0.2, 0.25) is 5.02 Å². The van der Waals surface area contributed by atoms with Crippen LogP contribution >= 0.6 is 27.5 Å². The highest BCUT2D eigenvalue weighted by Crippen LogP contribution is 2.45. The molecule has 0 amide bonds. The van der Waals surface area contributed by atoms with Gasteiger partial charge in [0, 0.05) is 33.2 Å². The maximum absolute atomic E-state index is 5.94. The first-order chi connectivity index (χ1) is 8.45. The predicted molar refractivity (Wildman–Crippen MR) is 80.4 cm³/mol. The number of halogens is 2. The summed E-state index contributed by atoms with van der Waals surface area (Å²) < 4.78 is 6.74. The van der Waals surface area contributed by atoms with Crippen LogP contribution in [0.3, 0.4) is 0 Å². The van der Waals surface area contributed by atoms with Crippen molar-refractivity contribution in [3.8, 4) is 0 Å². The van der Waals surface area contributed by atoms with Gasteiger partial charge in [-0.15, -0.1) is 0 Å². The van der Waals surface area contributed by atoms with Gasteiger partial charge in [-0.05, 0) is 47.5 Å². The largest absolute Gasteiger partial charge is 0.381 e. The maximum Gasteiger partial charge on any atom is 0.0665 e. The van der Waals surface area contributed by atoms with Gasteiger partial charge in [-0.1, -0.05) is 25.4 Å². The zero-order valence-corrected chi connectivity index (χ0v) is 13.3. The van der Waals surface area contributed by atoms with E-state index in [-0.39, 0.29) is 5.41 Å². The first-order valence-corrected chi connectivity index (χ1v) is 7.45. The number of hydrogen-bond donors (Lipinski definition) is 1. The summed E-state index contributed by atoms with van der Waals surface area (Å²) in [5, 5.41) is 4.31. The first-order valence-electron chi connectivity index (χ1n) is 6.28. The molecule has 1 aliphatic rings. The van der Waals surface area contributed by atoms with Crippen LogP contribution in [-0.2, 0) is 4.74 Å². The summed E-state index contributed by atoms with van der Waals surface area (Å²) in [5.41, 5.74) is 1.25. The third-order valence-corrected chi connectivity index (χ3v) is 4.70. The van der Waals surface area contributed by atoms with E-state index in [1.165, 1.54) is 0 Å². The van der Waals surface area contributed by atoms with Crippen LogP contribution < -0.4 is 5.32 Å². The van der Waals surface area contributed by atoms with Crippen LogP contribution in [0, 0.1) is 5.41 Å². The van der Waals surface area contributed by atoms with Gasteiger partial charge < -0.3 is 10.1 Å². The lowest BCUT2D eigenvalue weighted by Gasteiger charge is -2.52. The zero-order valence-electron chi connectivity index (χ0n) is 11.0. The number of anilines is 1. The Morgan fingerprint density at radius 3 is 2.78 bits per heavy atom. The Balaban J connectivity index is 2.03. The highest BCUT2D eigenvalue weighted by Gasteiger charge is 2.48. The fourth-order valence-electron chi connectivity index (χ4n) is 2.41. The van der Waals surface area contributed by atoms with Crippen molar-refractivity contribution >= 4 is 33.2 Å². The van der Waals surface area contributed by atoms with Crippen LogP contribution in [0.15, 0.2) is 22.7 Å². The summed E-state index contributed by atoms with van der Waals surface area (Å²) >= 11 is 9.48. The summed E-state index contributed by atoms with van der Waals surface area (Å²) in [4.78, 5) is 0. The van der Waals surface area contributed by atoms with Crippen LogP contribution in [-0.4, -0.2) is 18.8 Å². The molecule has 0 radical (unpaired) electrons. The number of rotatable bonds is 4. The SMILES string of the molecule is CCOC1CC(Nc2ccc(Cl)cc2Br)C1(C)C. The van der Waals surface area contributed by atoms with E-state index >= 15 is 0 Å². The molecule has 18 heavy (non-hydrogen) atoms. The van der Waals surface area contributed by atoms with Crippen LogP contribution in [0.4, 0.5) is 5.69 Å². The van der Waals surface area contributed by atoms with E-state index in [0.29, 0.717) is 12.1 Å². The summed E-state index contributed by atoms with van der Waals surface area (Å²) in [7, 11) is 0. The van der Waals surface area contributed by atoms with Crippen molar-refractivity contribution in [2.75, 3.05) is 11.9 Å². The molecule has 4 heteroatoms. The van der Waals surface area contributed by atoms with Crippen molar-refractivity contribution in [2.24, 2.45) is 5.41 Å². The molecule has 0 aromatic heterocycles. The van der Waals surface area contributed by atoms with Crippen molar-refractivity contribution in [2.45, 2.75) is 39.3 Å². The molecule has 1 saturated carbocycles. The van der Waals surface area contributed by atoms with Gasteiger partial charge in [0.2, 0.25) is 0 Å². The Bertz CT molecular complexity index is 436. The molecule has 2 unspecified atom stereocenters. The molecule has 1 aliphatic carbocycles. The van der Waals surface area contributed by atoms with Gasteiger partial charge in [-0.2, -0.15) is 0 Å². The first kappa shape index (κ1) is 14.2. The van der Waals surface area contributed by atoms with Gasteiger partial charge >= 0.3 is 0 Å². The minimum absolute atomic E-state index is 0.162. The molecule has 1 N–H and O–H groups in total. The van der Waals surface area contributed by atoms with Crippen molar-refractivity contribution < 1.29 is 4.74 Å². The van der Waals surface area contributed by atoms with Crippen molar-refractivity contribution in [1.29, 1.82) is 0 Å². The summed E-state index contributed by atoms with van der Waals surface area (Å²) in [6.45, 7) is 7.33. The fourth-order valence-corrected chi connectivity index (χ4v) is 3.21. The normalized spacial score (nSPS) is 25.6. The zero-order chi connectivity index (χ0) is 13.3. The summed E-state index contributed by atoms with van der Waals surface area (Å²) in [6, 6.07) is 6.26. The minimum Gasteiger partial charge on any atom is -0.381 e. The molecule has 0 spiro atoms. The maximum atomic E-state index is 5.94. The van der Waals surface area contributed by atoms with Gasteiger partial charge in [0.05, 0.1) is 6.10 Å². The average molecular weight is 333 g/mol. The molecule has 0 bridgehead atoms. The quantitative estimate of drug-likeness (QED) is 0.861. The Morgan fingerprint density at radius 2 is 2.22 bits per heavy atom. The van der Waals surface area contributed by atoms with Crippen LogP contribution in [0.1, 0.15) is 27.2 Å². The second-order valence-electron chi connectivity index (χ2n) is 5.32. The molecular weight excluding hydrogens is 314 g/mol. The lowest BCUT2D eigenvalue weighted by molar-refractivity contribution is -0.0976. The summed E-state index contributed by atoms with van der Waals surface area (Å²) in [6.07, 6.45) is 1.40. The second-order valence-corrected chi connectivity index (χ2v) is 6.61. The Kier molecular flexibility index (Phi) is 4.25. The fraction of sp³-hybridized carbons (Fsp3) is 0.571. The molecule has 1 aromatic carbocycles. The highest BCUT2D eigenvalue weighted by molar-refractivity contribution is 9.10. The van der Waals surface area contributed by atoms with Gasteiger partial charge in [-0.3, -0.25) is 0 Å². The molecule has 0 saturated heterocycles. The van der Waals surface area contributed by atoms with Gasteiger partial charge in [0.25, 0.3) is 0 Å². The Labute approximate surface area is 122 Å². The summed E-state index contributed by atoms with van der Waals surface area (Å²) in [5.74, 6) is 0. The number of nitrogens with one attached hydrogen (secondary N) is 1. The highest BCUT2D eigenvalue weighted by atomic mass is 79.9. The molecular formula is C14H19BrClNO. The minimum atomic E-state index is 0.162. The van der Waals surface area contributed by atoms with Crippen molar-refractivity contribution in [1.82, 2.24) is 0 Å². The standard InChI is InChI=1S/C14H19BrClNO/c1-4-18-13-8-12(14(13,2)3)17-11-6-5-9(16)7-10(11)15/h5-7,12-13,17H,4,8H2,1-3H3. The van der Waals surface area contributed by atoms with Gasteiger partial charge in [0.15, 0.2) is 0 Å². The third kappa shape index (κ3) is 2.68. The van der Waals surface area contributed by atoms with E-state index in [9.17, 15) is 0 Å². The predicted octanol–water partition coefficient (Wildman–Crippen LogP) is 4.72. The molecule has 2 rings (SSSR count). The molecule has 1 aromatic rings. The van der Waals surface area contributed by atoms with Crippen LogP contribution in [0.25, 0.3) is 0 Å². The lowest BCUT2D eigenvalue weighted by atomic mass is 9.64. The van der Waals surface area contributed by atoms with Crippen molar-refractivity contribution in [3.63, 3.8) is 0 Å². The average Bonchev–Trinajstić information content (AvgIpc) is 2.30. The second kappa shape index (κ2) is 5.40. The van der Waals surface area contributed by atoms with E-state index in [1.807, 2.05) is 25.1 Å². The van der Waals surface area contributed by atoms with Crippen molar-refractivity contribution in [3.05, 3.63) is 27.7 Å². The number of benzene rings is 1. The van der Waals surface area contributed by atoms with E-state index in [0.717, 1.165) is 28.2 Å². The van der Waals surface area contributed by atoms with Gasteiger partial charge in [-0.25, -0.2) is 0 Å². The number of ether oxygens (including phenoxy) is 1. The van der Waals surface area contributed by atoms with E-state index < -0.39 is 0 Å². The van der Waals surface area contributed by atoms with Gasteiger partial charge in [0.1, 0.15) is 0 Å². The molecule has 100 valence electrons. The smallest absolute Gasteiger partial charge is 0.0665 e. The molecule has 1 fully saturated rings. The molecule has 0 aliphatic heterocycles. The molecule has 2 atom stereocenters. The van der Waals surface area contributed by atoms with E-state index in [2.05, 4.69) is 35.1 Å². The topological polar surface area (TPSA) is 21.3 Å². The van der Waals surface area contributed by atoms with E-state index in [4.69, 9.17) is 16.3 Å². The monoisotopic (exact) mass is 331 g/mol. The lowest BCUT2D eigenvalue weighted by Crippen LogP contribution is -2.58. The van der Waals surface area contributed by atoms with Crippen LogP contribution in [0.5, 0.6) is 0 Å². The number of hydrogen-bond acceptors (Lipinski definition) is 2. The molecule has 2 nitrogen and oxygen atoms in total. The third-order valence-electron chi connectivity index (χ3n) is 3.81. The Hall–Kier alpha value is -0.250. The molecule has 0 heterocycles. The van der Waals surface area contributed by atoms with E-state index in [1.54, 1.807) is 0 Å². The Morgan fingerprint density at radius 1 is 1.50 bits per heavy atom.